The van der Waals surface area contributed by atoms with Gasteiger partial charge in [-0.3, -0.25) is 9.52 Å². The van der Waals surface area contributed by atoms with Crippen LogP contribution < -0.4 is 15.4 Å². The number of ether oxygens (including phenoxy) is 1. The molecule has 0 radical (unpaired) electrons. The summed E-state index contributed by atoms with van der Waals surface area (Å²) in [4.78, 5) is 25.9. The van der Waals surface area contributed by atoms with Crippen molar-refractivity contribution in [3.8, 4) is 0 Å². The van der Waals surface area contributed by atoms with Gasteiger partial charge in [0.25, 0.3) is 5.91 Å². The lowest BCUT2D eigenvalue weighted by atomic mass is 10.2. The van der Waals surface area contributed by atoms with Gasteiger partial charge in [0.2, 0.25) is 16.0 Å². The number of alkyl halides is 3. The van der Waals surface area contributed by atoms with Crippen molar-refractivity contribution in [3.05, 3.63) is 65.5 Å². The highest BCUT2D eigenvalue weighted by atomic mass is 32.2. The molecule has 40 heavy (non-hydrogen) atoms. The molecule has 1 aromatic carbocycles. The molecule has 3 rings (SSSR count). The number of hydrogen-bond acceptors (Lipinski definition) is 9. The van der Waals surface area contributed by atoms with Gasteiger partial charge in [0, 0.05) is 63.1 Å². The average molecular weight is 582 g/mol. The van der Waals surface area contributed by atoms with Crippen LogP contribution in [0.15, 0.2) is 48.8 Å². The van der Waals surface area contributed by atoms with Gasteiger partial charge < -0.3 is 20.3 Å². The summed E-state index contributed by atoms with van der Waals surface area (Å²) in [6, 6.07) is 9.41. The van der Waals surface area contributed by atoms with Gasteiger partial charge in [0.15, 0.2) is 0 Å². The topological polar surface area (TPSA) is 138 Å². The van der Waals surface area contributed by atoms with Gasteiger partial charge in [-0.25, -0.2) is 18.4 Å². The molecule has 3 N–H and O–H groups in total. The van der Waals surface area contributed by atoms with Gasteiger partial charge in [0.05, 0.1) is 5.75 Å². The van der Waals surface area contributed by atoms with Crippen LogP contribution in [-0.4, -0.2) is 67.2 Å². The predicted octanol–water partition coefficient (Wildman–Crippen LogP) is 4.12. The SMILES string of the molecule is CCS(=O)(=O)Nc1ncccc1CNc1nc(Nc2ccc(C(=O)N(C)CCCOC)cc2)ncc1C(F)(F)F. The lowest BCUT2D eigenvalue weighted by molar-refractivity contribution is -0.137. The molecule has 2 heterocycles. The number of rotatable bonds is 13. The molecule has 0 atom stereocenters. The Bertz CT molecular complexity index is 1400. The monoisotopic (exact) mass is 581 g/mol. The Hall–Kier alpha value is -3.98. The molecule has 0 aliphatic carbocycles. The van der Waals surface area contributed by atoms with Crippen LogP contribution in [0.4, 0.5) is 36.4 Å². The highest BCUT2D eigenvalue weighted by molar-refractivity contribution is 7.92. The van der Waals surface area contributed by atoms with E-state index in [0.29, 0.717) is 42.6 Å². The van der Waals surface area contributed by atoms with Crippen LogP contribution in [0.5, 0.6) is 0 Å². The molecular weight excluding hydrogens is 551 g/mol. The molecule has 3 aromatic rings. The second-order valence-corrected chi connectivity index (χ2v) is 10.6. The number of anilines is 4. The van der Waals surface area contributed by atoms with E-state index >= 15 is 0 Å². The van der Waals surface area contributed by atoms with Crippen molar-refractivity contribution in [2.75, 3.05) is 48.4 Å². The van der Waals surface area contributed by atoms with Crippen molar-refractivity contribution < 1.29 is 31.1 Å². The maximum atomic E-state index is 13.7. The molecule has 216 valence electrons. The molecule has 0 saturated heterocycles. The Kier molecular flexibility index (Phi) is 10.2. The van der Waals surface area contributed by atoms with Crippen molar-refractivity contribution in [2.24, 2.45) is 0 Å². The largest absolute Gasteiger partial charge is 0.421 e. The number of methoxy groups -OCH3 is 1. The summed E-state index contributed by atoms with van der Waals surface area (Å²) in [5.41, 5.74) is 0.100. The zero-order valence-corrected chi connectivity index (χ0v) is 22.9. The van der Waals surface area contributed by atoms with E-state index in [1.165, 1.54) is 25.3 Å². The van der Waals surface area contributed by atoms with Gasteiger partial charge in [-0.1, -0.05) is 6.07 Å². The van der Waals surface area contributed by atoms with Crippen molar-refractivity contribution in [2.45, 2.75) is 26.1 Å². The number of nitrogens with one attached hydrogen (secondary N) is 3. The quantitative estimate of drug-likeness (QED) is 0.255. The number of amides is 1. The number of carbonyl (C=O) groups excluding carboxylic acids is 1. The summed E-state index contributed by atoms with van der Waals surface area (Å²) in [5, 5.41) is 5.45. The molecule has 0 saturated carbocycles. The molecule has 0 bridgehead atoms. The zero-order chi connectivity index (χ0) is 29.3. The predicted molar refractivity (Wildman–Crippen MR) is 145 cm³/mol. The molecule has 0 fully saturated rings. The average Bonchev–Trinajstić information content (AvgIpc) is 2.92. The van der Waals surface area contributed by atoms with E-state index < -0.39 is 27.6 Å². The first-order chi connectivity index (χ1) is 18.9. The van der Waals surface area contributed by atoms with Gasteiger partial charge >= 0.3 is 6.18 Å². The number of benzene rings is 1. The van der Waals surface area contributed by atoms with Crippen LogP contribution in [0.2, 0.25) is 0 Å². The fourth-order valence-corrected chi connectivity index (χ4v) is 4.07. The van der Waals surface area contributed by atoms with E-state index in [2.05, 4.69) is 30.3 Å². The molecule has 11 nitrogen and oxygen atoms in total. The second-order valence-electron chi connectivity index (χ2n) is 8.60. The van der Waals surface area contributed by atoms with Gasteiger partial charge in [0.1, 0.15) is 17.2 Å². The second kappa shape index (κ2) is 13.4. The zero-order valence-electron chi connectivity index (χ0n) is 22.1. The molecule has 1 amide bonds. The summed E-state index contributed by atoms with van der Waals surface area (Å²) in [6.07, 6.45) is -2.05. The van der Waals surface area contributed by atoms with Crippen LogP contribution in [0.25, 0.3) is 0 Å². The van der Waals surface area contributed by atoms with E-state index in [4.69, 9.17) is 4.74 Å². The van der Waals surface area contributed by atoms with Gasteiger partial charge in [-0.15, -0.1) is 0 Å². The number of nitrogens with zero attached hydrogens (tertiary/aromatic N) is 4. The number of sulfonamides is 1. The smallest absolute Gasteiger partial charge is 0.385 e. The van der Waals surface area contributed by atoms with Crippen LogP contribution in [0, 0.1) is 0 Å². The normalized spacial score (nSPS) is 11.7. The third kappa shape index (κ3) is 8.51. The number of carbonyl (C=O) groups is 1. The Labute approximate surface area is 230 Å². The Balaban J connectivity index is 1.77. The maximum Gasteiger partial charge on any atom is 0.421 e. The molecule has 15 heteroatoms. The summed E-state index contributed by atoms with van der Waals surface area (Å²) >= 11 is 0. The van der Waals surface area contributed by atoms with Crippen LogP contribution in [0.3, 0.4) is 0 Å². The molecule has 2 aromatic heterocycles. The van der Waals surface area contributed by atoms with Crippen LogP contribution in [-0.2, 0) is 27.5 Å². The minimum Gasteiger partial charge on any atom is -0.385 e. The first-order valence-electron chi connectivity index (χ1n) is 12.2. The standard InChI is InChI=1S/C25H30F3N7O4S/c1-4-40(37,38)34-21-18(7-5-12-29-21)15-30-22-20(25(26,27)28)16-31-24(33-22)32-19-10-8-17(9-11-19)23(36)35(2)13-6-14-39-3/h5,7-12,16H,4,6,13-15H2,1-3H3,(H,29,34)(H2,30,31,32,33). The van der Waals surface area contributed by atoms with Crippen molar-refractivity contribution >= 4 is 39.2 Å². The van der Waals surface area contributed by atoms with E-state index in [1.54, 1.807) is 43.3 Å². The molecule has 0 unspecified atom stereocenters. The summed E-state index contributed by atoms with van der Waals surface area (Å²) < 4.78 is 72.3. The summed E-state index contributed by atoms with van der Waals surface area (Å²) in [5.74, 6) is -1.02. The molecule has 0 aliphatic heterocycles. The van der Waals surface area contributed by atoms with E-state index in [0.717, 1.165) is 0 Å². The highest BCUT2D eigenvalue weighted by Gasteiger charge is 2.35. The highest BCUT2D eigenvalue weighted by Crippen LogP contribution is 2.34. The van der Waals surface area contributed by atoms with Crippen molar-refractivity contribution in [1.82, 2.24) is 19.9 Å². The third-order valence-electron chi connectivity index (χ3n) is 5.64. The first kappa shape index (κ1) is 30.6. The Morgan fingerprint density at radius 1 is 1.10 bits per heavy atom. The van der Waals surface area contributed by atoms with Crippen LogP contribution in [0.1, 0.15) is 34.8 Å². The van der Waals surface area contributed by atoms with E-state index in [-0.39, 0.29) is 30.0 Å². The molecule has 0 spiro atoms. The fraction of sp³-hybridized carbons (Fsp3) is 0.360. The number of hydrogen-bond donors (Lipinski definition) is 3. The Morgan fingerprint density at radius 2 is 1.82 bits per heavy atom. The Morgan fingerprint density at radius 3 is 2.48 bits per heavy atom. The van der Waals surface area contributed by atoms with Crippen LogP contribution >= 0.6 is 0 Å². The maximum absolute atomic E-state index is 13.7. The van der Waals surface area contributed by atoms with Crippen molar-refractivity contribution in [3.63, 3.8) is 0 Å². The number of halogens is 3. The fourth-order valence-electron chi connectivity index (χ4n) is 3.45. The molecule has 0 aliphatic rings. The first-order valence-corrected chi connectivity index (χ1v) is 13.8. The van der Waals surface area contributed by atoms with Crippen molar-refractivity contribution in [1.29, 1.82) is 0 Å². The lowest BCUT2D eigenvalue weighted by Gasteiger charge is -2.17. The number of aromatic nitrogens is 3. The van der Waals surface area contributed by atoms with E-state index in [1.807, 2.05) is 0 Å². The summed E-state index contributed by atoms with van der Waals surface area (Å²) in [7, 11) is -0.384. The molecular formula is C25H30F3N7O4S. The minimum atomic E-state index is -4.75. The van der Waals surface area contributed by atoms with Gasteiger partial charge in [-0.2, -0.15) is 18.2 Å². The third-order valence-corrected chi connectivity index (χ3v) is 6.91. The lowest BCUT2D eigenvalue weighted by Crippen LogP contribution is -2.28. The minimum absolute atomic E-state index is 0.00297. The number of pyridine rings is 1. The van der Waals surface area contributed by atoms with Gasteiger partial charge in [-0.05, 0) is 43.7 Å². The van der Waals surface area contributed by atoms with E-state index in [9.17, 15) is 26.4 Å². The summed E-state index contributed by atoms with van der Waals surface area (Å²) in [6.45, 7) is 2.30.